The minimum atomic E-state index is -0.581. The molecule has 3 aliphatic rings. The first kappa shape index (κ1) is 20.0. The molecule has 0 aromatic heterocycles. The summed E-state index contributed by atoms with van der Waals surface area (Å²) in [5.74, 6) is -0.643. The fraction of sp³-hybridized carbons (Fsp3) is 0.280. The Labute approximate surface area is 176 Å². The fourth-order valence-electron chi connectivity index (χ4n) is 4.11. The molecule has 0 N–H and O–H groups in total. The lowest BCUT2D eigenvalue weighted by atomic mass is 9.85. The van der Waals surface area contributed by atoms with Gasteiger partial charge in [0.05, 0.1) is 5.92 Å². The van der Waals surface area contributed by atoms with Gasteiger partial charge in [0.25, 0.3) is 0 Å². The van der Waals surface area contributed by atoms with E-state index in [-0.39, 0.29) is 18.0 Å². The Morgan fingerprint density at radius 3 is 2.67 bits per heavy atom. The molecule has 1 aromatic carbocycles. The van der Waals surface area contributed by atoms with E-state index in [1.807, 2.05) is 49.4 Å². The number of allylic oxidation sites excluding steroid dienone is 1. The second kappa shape index (κ2) is 8.19. The predicted octanol–water partition coefficient (Wildman–Crippen LogP) is 4.29. The van der Waals surface area contributed by atoms with Crippen LogP contribution < -0.4 is 0 Å². The van der Waals surface area contributed by atoms with E-state index in [2.05, 4.69) is 13.2 Å². The van der Waals surface area contributed by atoms with E-state index in [0.717, 1.165) is 11.1 Å². The van der Waals surface area contributed by atoms with Crippen LogP contribution in [0.2, 0.25) is 0 Å². The van der Waals surface area contributed by atoms with E-state index in [0.29, 0.717) is 29.7 Å². The van der Waals surface area contributed by atoms with Crippen LogP contribution in [-0.2, 0) is 23.8 Å². The highest BCUT2D eigenvalue weighted by atomic mass is 16.6. The number of ether oxygens (including phenoxy) is 3. The van der Waals surface area contributed by atoms with Crippen LogP contribution in [0, 0.1) is 5.92 Å². The van der Waals surface area contributed by atoms with Gasteiger partial charge in [-0.25, -0.2) is 9.59 Å². The van der Waals surface area contributed by atoms with E-state index in [4.69, 9.17) is 14.2 Å². The van der Waals surface area contributed by atoms with Gasteiger partial charge in [0, 0.05) is 24.5 Å². The third kappa shape index (κ3) is 4.15. The number of hydrogen-bond donors (Lipinski definition) is 0. The van der Waals surface area contributed by atoms with Crippen molar-refractivity contribution in [3.63, 3.8) is 0 Å². The zero-order valence-corrected chi connectivity index (χ0v) is 16.9. The number of esters is 2. The molecule has 2 bridgehead atoms. The maximum absolute atomic E-state index is 12.6. The van der Waals surface area contributed by atoms with E-state index >= 15 is 0 Å². The normalized spacial score (nSPS) is 30.1. The summed E-state index contributed by atoms with van der Waals surface area (Å²) >= 11 is 0. The average molecular weight is 404 g/mol. The second-order valence-electron chi connectivity index (χ2n) is 7.83. The summed E-state index contributed by atoms with van der Waals surface area (Å²) in [7, 11) is 0. The van der Waals surface area contributed by atoms with Gasteiger partial charge in [-0.15, -0.1) is 0 Å². The zero-order valence-electron chi connectivity index (χ0n) is 16.9. The van der Waals surface area contributed by atoms with Crippen molar-refractivity contribution in [3.05, 3.63) is 89.8 Å². The van der Waals surface area contributed by atoms with Crippen molar-refractivity contribution in [2.75, 3.05) is 0 Å². The maximum atomic E-state index is 12.6. The Morgan fingerprint density at radius 1 is 1.13 bits per heavy atom. The largest absolute Gasteiger partial charge is 0.490 e. The highest BCUT2D eigenvalue weighted by Crippen LogP contribution is 2.41. The number of hydrogen-bond acceptors (Lipinski definition) is 5. The summed E-state index contributed by atoms with van der Waals surface area (Å²) in [4.78, 5) is 24.8. The lowest BCUT2D eigenvalue weighted by Gasteiger charge is -2.26. The van der Waals surface area contributed by atoms with Crippen molar-refractivity contribution in [2.45, 2.75) is 38.1 Å². The lowest BCUT2D eigenvalue weighted by Crippen LogP contribution is -2.32. The van der Waals surface area contributed by atoms with Crippen molar-refractivity contribution in [3.8, 4) is 0 Å². The summed E-state index contributed by atoms with van der Waals surface area (Å²) in [6.45, 7) is 9.96. The number of carbonyl (C=O) groups excluding carboxylic acids is 2. The molecule has 2 aliphatic heterocycles. The van der Waals surface area contributed by atoms with E-state index in [9.17, 15) is 9.59 Å². The SMILES string of the molecule is C=C1OC2CC3=C[C@@H](C/C(C)=C/[C@@H](OC(=O)/C=C/c4ccccc4)[C@@H]2C1=C)OC3=O. The first-order valence-corrected chi connectivity index (χ1v) is 9.98. The molecular weight excluding hydrogens is 380 g/mol. The summed E-state index contributed by atoms with van der Waals surface area (Å²) in [5.41, 5.74) is 3.13. The molecule has 1 unspecified atom stereocenters. The monoisotopic (exact) mass is 404 g/mol. The quantitative estimate of drug-likeness (QED) is 0.427. The molecule has 0 radical (unpaired) electrons. The van der Waals surface area contributed by atoms with Gasteiger partial charge in [-0.1, -0.05) is 49.1 Å². The van der Waals surface area contributed by atoms with E-state index in [1.165, 1.54) is 6.08 Å². The average Bonchev–Trinajstić information content (AvgIpc) is 3.18. The number of carbonyl (C=O) groups is 2. The van der Waals surface area contributed by atoms with Crippen molar-refractivity contribution >= 4 is 18.0 Å². The fourth-order valence-corrected chi connectivity index (χ4v) is 4.11. The molecule has 30 heavy (non-hydrogen) atoms. The minimum absolute atomic E-state index is 0.303. The number of fused-ring (bicyclic) bond motifs is 2. The van der Waals surface area contributed by atoms with Crippen molar-refractivity contribution < 1.29 is 23.8 Å². The molecule has 154 valence electrons. The van der Waals surface area contributed by atoms with Crippen LogP contribution >= 0.6 is 0 Å². The number of rotatable bonds is 3. The van der Waals surface area contributed by atoms with Crippen LogP contribution in [-0.4, -0.2) is 30.3 Å². The molecule has 0 spiro atoms. The standard InChI is InChI=1S/C25H24O5/c1-15-11-20-13-19(25(27)29-20)14-22-24(16(2)17(3)28-22)21(12-15)30-23(26)10-9-18-7-5-4-6-8-18/h4-10,12-13,20-22,24H,2-3,11,14H2,1H3/b10-9+,15-12+/t20-,21-,22?,24+/m1/s1. The van der Waals surface area contributed by atoms with Gasteiger partial charge >= 0.3 is 11.9 Å². The molecular formula is C25H24O5. The Morgan fingerprint density at radius 2 is 1.90 bits per heavy atom. The Bertz CT molecular complexity index is 982. The van der Waals surface area contributed by atoms with Crippen LogP contribution in [0.25, 0.3) is 6.08 Å². The molecule has 4 atom stereocenters. The molecule has 1 aromatic rings. The summed E-state index contributed by atoms with van der Waals surface area (Å²) < 4.78 is 17.2. The highest BCUT2D eigenvalue weighted by molar-refractivity contribution is 5.91. The predicted molar refractivity (Wildman–Crippen MR) is 113 cm³/mol. The van der Waals surface area contributed by atoms with Gasteiger partial charge in [0.2, 0.25) is 0 Å². The summed E-state index contributed by atoms with van der Waals surface area (Å²) in [6.07, 6.45) is 6.52. The molecule has 5 nitrogen and oxygen atoms in total. The minimum Gasteiger partial charge on any atom is -0.490 e. The van der Waals surface area contributed by atoms with Crippen LogP contribution in [0.15, 0.2) is 84.2 Å². The first-order valence-electron chi connectivity index (χ1n) is 9.98. The van der Waals surface area contributed by atoms with Crippen LogP contribution in [0.4, 0.5) is 0 Å². The maximum Gasteiger partial charge on any atom is 0.334 e. The molecule has 0 saturated carbocycles. The molecule has 1 fully saturated rings. The first-order chi connectivity index (χ1) is 14.4. The van der Waals surface area contributed by atoms with E-state index in [1.54, 1.807) is 6.08 Å². The van der Waals surface area contributed by atoms with Crippen molar-refractivity contribution in [1.29, 1.82) is 0 Å². The van der Waals surface area contributed by atoms with Gasteiger partial charge in [-0.05, 0) is 36.3 Å². The Kier molecular flexibility index (Phi) is 5.44. The molecule has 2 heterocycles. The molecule has 1 saturated heterocycles. The Hall–Kier alpha value is -3.34. The Balaban J connectivity index is 1.60. The highest BCUT2D eigenvalue weighted by Gasteiger charge is 2.44. The molecule has 4 rings (SSSR count). The third-order valence-corrected chi connectivity index (χ3v) is 5.57. The van der Waals surface area contributed by atoms with Gasteiger partial charge in [-0.3, -0.25) is 0 Å². The van der Waals surface area contributed by atoms with Crippen LogP contribution in [0.1, 0.15) is 25.3 Å². The van der Waals surface area contributed by atoms with Gasteiger partial charge in [0.1, 0.15) is 24.1 Å². The summed E-state index contributed by atoms with van der Waals surface area (Å²) in [6, 6.07) is 9.54. The van der Waals surface area contributed by atoms with Gasteiger partial charge in [-0.2, -0.15) is 0 Å². The van der Waals surface area contributed by atoms with Gasteiger partial charge < -0.3 is 14.2 Å². The summed E-state index contributed by atoms with van der Waals surface area (Å²) in [5, 5.41) is 0. The number of benzene rings is 1. The second-order valence-corrected chi connectivity index (χ2v) is 7.83. The lowest BCUT2D eigenvalue weighted by molar-refractivity contribution is -0.143. The van der Waals surface area contributed by atoms with Crippen molar-refractivity contribution in [2.24, 2.45) is 5.92 Å². The van der Waals surface area contributed by atoms with E-state index < -0.39 is 18.2 Å². The zero-order chi connectivity index (χ0) is 21.3. The smallest absolute Gasteiger partial charge is 0.334 e. The van der Waals surface area contributed by atoms with Gasteiger partial charge in [0.15, 0.2) is 0 Å². The van der Waals surface area contributed by atoms with Crippen LogP contribution in [0.5, 0.6) is 0 Å². The molecule has 5 heteroatoms. The van der Waals surface area contributed by atoms with Crippen LogP contribution in [0.3, 0.4) is 0 Å². The third-order valence-electron chi connectivity index (χ3n) is 5.57. The molecule has 0 amide bonds. The van der Waals surface area contributed by atoms with Crippen molar-refractivity contribution in [1.82, 2.24) is 0 Å². The topological polar surface area (TPSA) is 61.8 Å². The molecule has 1 aliphatic carbocycles.